The third-order valence-corrected chi connectivity index (χ3v) is 6.85. The number of thiocarbonyl (C=S) groups is 1. The van der Waals surface area contributed by atoms with Gasteiger partial charge in [-0.3, -0.25) is 4.98 Å². The Bertz CT molecular complexity index is 1190. The van der Waals surface area contributed by atoms with Crippen molar-refractivity contribution < 1.29 is 14.2 Å². The van der Waals surface area contributed by atoms with E-state index < -0.39 is 0 Å². The molecule has 1 fully saturated rings. The summed E-state index contributed by atoms with van der Waals surface area (Å²) in [6.45, 7) is 6.09. The number of rotatable bonds is 8. The molecule has 1 aliphatic heterocycles. The molecule has 2 heterocycles. The van der Waals surface area contributed by atoms with Crippen molar-refractivity contribution in [2.45, 2.75) is 45.6 Å². The number of ether oxygens (including phenoxy) is 3. The summed E-state index contributed by atoms with van der Waals surface area (Å²) >= 11 is 5.54. The summed E-state index contributed by atoms with van der Waals surface area (Å²) in [4.78, 5) is 4.46. The summed E-state index contributed by atoms with van der Waals surface area (Å²) in [5.74, 6) is 2.74. The molecule has 1 saturated heterocycles. The minimum Gasteiger partial charge on any atom is -0.493 e. The second-order valence-corrected chi connectivity index (χ2v) is 9.22. The largest absolute Gasteiger partial charge is 0.493 e. The van der Waals surface area contributed by atoms with Gasteiger partial charge in [0.05, 0.1) is 19.7 Å². The van der Waals surface area contributed by atoms with E-state index in [9.17, 15) is 0 Å². The zero-order valence-corrected chi connectivity index (χ0v) is 21.7. The number of hydrogen-bond donors (Lipinski definition) is 3. The summed E-state index contributed by atoms with van der Waals surface area (Å²) in [7, 11) is 3.23. The van der Waals surface area contributed by atoms with Crippen molar-refractivity contribution in [2.24, 2.45) is 0 Å². The maximum atomic E-state index is 6.35. The molecule has 0 bridgehead atoms. The Morgan fingerprint density at radius 1 is 1.03 bits per heavy atom. The maximum Gasteiger partial charge on any atom is 0.170 e. The lowest BCUT2D eigenvalue weighted by Crippen LogP contribution is -2.38. The molecule has 0 aliphatic carbocycles. The number of benzene rings is 2. The predicted molar refractivity (Wildman–Crippen MR) is 145 cm³/mol. The Hall–Kier alpha value is -3.10. The molecule has 0 amide bonds. The van der Waals surface area contributed by atoms with Crippen LogP contribution >= 0.6 is 12.2 Å². The molecular weight excluding hydrogens is 460 g/mol. The lowest BCUT2D eigenvalue weighted by Gasteiger charge is -2.24. The number of methoxy groups -OCH3 is 2. The zero-order valence-electron chi connectivity index (χ0n) is 20.9. The molecule has 0 saturated carbocycles. The highest BCUT2D eigenvalue weighted by Crippen LogP contribution is 2.38. The van der Waals surface area contributed by atoms with Gasteiger partial charge in [-0.05, 0) is 87.3 Å². The van der Waals surface area contributed by atoms with Crippen LogP contribution in [0.5, 0.6) is 23.0 Å². The monoisotopic (exact) mass is 494 g/mol. The molecule has 4 rings (SSSR count). The van der Waals surface area contributed by atoms with Crippen molar-refractivity contribution in [3.05, 3.63) is 47.7 Å². The molecule has 3 N–H and O–H groups in total. The predicted octanol–water partition coefficient (Wildman–Crippen LogP) is 5.48. The zero-order chi connectivity index (χ0) is 24.8. The van der Waals surface area contributed by atoms with E-state index in [0.717, 1.165) is 53.0 Å². The van der Waals surface area contributed by atoms with Gasteiger partial charge in [-0.25, -0.2) is 0 Å². The van der Waals surface area contributed by atoms with E-state index in [1.807, 2.05) is 37.3 Å². The Labute approximate surface area is 212 Å². The van der Waals surface area contributed by atoms with Crippen molar-refractivity contribution in [1.29, 1.82) is 0 Å². The van der Waals surface area contributed by atoms with E-state index in [0.29, 0.717) is 28.4 Å². The third kappa shape index (κ3) is 5.94. The normalized spacial score (nSPS) is 15.5. The number of hydrogen-bond acceptors (Lipinski definition) is 6. The fourth-order valence-electron chi connectivity index (χ4n) is 4.39. The SMILES string of the molecule is COc1cc2nccc(Oc3ccc(NC(=S)NCCC4CCCCN4)c(C)c3C)c2cc1OC. The summed E-state index contributed by atoms with van der Waals surface area (Å²) in [6.07, 6.45) is 6.64. The fraction of sp³-hybridized carbons (Fsp3) is 0.407. The highest BCUT2D eigenvalue weighted by molar-refractivity contribution is 7.80. The van der Waals surface area contributed by atoms with Gasteiger partial charge in [-0.2, -0.15) is 0 Å². The quantitative estimate of drug-likeness (QED) is 0.356. The molecule has 0 radical (unpaired) electrons. The molecule has 1 unspecified atom stereocenters. The van der Waals surface area contributed by atoms with Gasteiger partial charge in [0.25, 0.3) is 0 Å². The van der Waals surface area contributed by atoms with Crippen LogP contribution in [0.15, 0.2) is 36.5 Å². The van der Waals surface area contributed by atoms with Crippen molar-refractivity contribution in [3.63, 3.8) is 0 Å². The van der Waals surface area contributed by atoms with Crippen LogP contribution in [0.2, 0.25) is 0 Å². The summed E-state index contributed by atoms with van der Waals surface area (Å²) in [5.41, 5.74) is 3.86. The van der Waals surface area contributed by atoms with Gasteiger partial charge in [0.1, 0.15) is 11.5 Å². The molecule has 1 atom stereocenters. The number of anilines is 1. The van der Waals surface area contributed by atoms with Crippen LogP contribution < -0.4 is 30.2 Å². The van der Waals surface area contributed by atoms with Gasteiger partial charge >= 0.3 is 0 Å². The molecule has 7 nitrogen and oxygen atoms in total. The van der Waals surface area contributed by atoms with Gasteiger partial charge in [-0.15, -0.1) is 0 Å². The van der Waals surface area contributed by atoms with Crippen LogP contribution in [0.1, 0.15) is 36.8 Å². The molecule has 3 aromatic rings. The van der Waals surface area contributed by atoms with Gasteiger partial charge in [0.15, 0.2) is 16.6 Å². The Morgan fingerprint density at radius 2 is 1.83 bits per heavy atom. The lowest BCUT2D eigenvalue weighted by molar-refractivity contribution is 0.355. The van der Waals surface area contributed by atoms with E-state index in [1.165, 1.54) is 19.3 Å². The van der Waals surface area contributed by atoms with E-state index in [4.69, 9.17) is 26.4 Å². The summed E-state index contributed by atoms with van der Waals surface area (Å²) in [6, 6.07) is 10.2. The Balaban J connectivity index is 1.45. The van der Waals surface area contributed by atoms with Gasteiger partial charge < -0.3 is 30.2 Å². The molecule has 2 aromatic carbocycles. The average molecular weight is 495 g/mol. The summed E-state index contributed by atoms with van der Waals surface area (Å²) < 4.78 is 17.2. The van der Waals surface area contributed by atoms with Crippen LogP contribution in [0.25, 0.3) is 10.9 Å². The molecule has 0 spiro atoms. The van der Waals surface area contributed by atoms with E-state index in [-0.39, 0.29) is 0 Å². The van der Waals surface area contributed by atoms with Crippen LogP contribution in [-0.4, -0.2) is 43.4 Å². The van der Waals surface area contributed by atoms with Crippen LogP contribution in [-0.2, 0) is 0 Å². The molecule has 35 heavy (non-hydrogen) atoms. The number of nitrogens with one attached hydrogen (secondary N) is 3. The lowest BCUT2D eigenvalue weighted by atomic mass is 10.0. The van der Waals surface area contributed by atoms with Gasteiger partial charge in [0.2, 0.25) is 0 Å². The first kappa shape index (κ1) is 25.0. The van der Waals surface area contributed by atoms with E-state index in [2.05, 4.69) is 27.9 Å². The Kier molecular flexibility index (Phi) is 8.25. The average Bonchev–Trinajstić information content (AvgIpc) is 2.88. The number of fused-ring (bicyclic) bond motifs is 1. The number of nitrogens with zero attached hydrogens (tertiary/aromatic N) is 1. The maximum absolute atomic E-state index is 6.35. The fourth-order valence-corrected chi connectivity index (χ4v) is 4.61. The highest BCUT2D eigenvalue weighted by Gasteiger charge is 2.15. The van der Waals surface area contributed by atoms with Gasteiger partial charge in [-0.1, -0.05) is 6.42 Å². The third-order valence-electron chi connectivity index (χ3n) is 6.60. The van der Waals surface area contributed by atoms with Gasteiger partial charge in [0, 0.05) is 35.9 Å². The number of pyridine rings is 1. The summed E-state index contributed by atoms with van der Waals surface area (Å²) in [5, 5.41) is 11.7. The van der Waals surface area contributed by atoms with Crippen LogP contribution in [0, 0.1) is 13.8 Å². The standard InChI is InChI=1S/C27H34N4O3S/c1-17-18(2)23(9-8-21(17)31-27(35)30-13-10-19-7-5-6-12-28-19)34-24-11-14-29-22-16-26(33-4)25(32-3)15-20(22)24/h8-9,11,14-16,19,28H,5-7,10,12-13H2,1-4H3,(H2,30,31,35). The molecule has 1 aliphatic rings. The van der Waals surface area contributed by atoms with Crippen molar-refractivity contribution in [1.82, 2.24) is 15.6 Å². The first-order valence-electron chi connectivity index (χ1n) is 12.1. The van der Waals surface area contributed by atoms with Crippen molar-refractivity contribution >= 4 is 33.9 Å². The topological polar surface area (TPSA) is 76.7 Å². The second-order valence-electron chi connectivity index (χ2n) is 8.81. The van der Waals surface area contributed by atoms with Crippen LogP contribution in [0.3, 0.4) is 0 Å². The van der Waals surface area contributed by atoms with E-state index in [1.54, 1.807) is 20.4 Å². The molecule has 1 aromatic heterocycles. The molecule has 186 valence electrons. The highest BCUT2D eigenvalue weighted by atomic mass is 32.1. The first-order chi connectivity index (χ1) is 17.0. The van der Waals surface area contributed by atoms with E-state index >= 15 is 0 Å². The number of piperidine rings is 1. The minimum atomic E-state index is 0.588. The minimum absolute atomic E-state index is 0.588. The Morgan fingerprint density at radius 3 is 2.57 bits per heavy atom. The smallest absolute Gasteiger partial charge is 0.170 e. The number of aromatic nitrogens is 1. The van der Waals surface area contributed by atoms with Crippen LogP contribution in [0.4, 0.5) is 5.69 Å². The van der Waals surface area contributed by atoms with Crippen molar-refractivity contribution in [2.75, 3.05) is 32.6 Å². The van der Waals surface area contributed by atoms with Crippen molar-refractivity contribution in [3.8, 4) is 23.0 Å². The molecular formula is C27H34N4O3S. The second kappa shape index (κ2) is 11.6. The molecule has 8 heteroatoms. The first-order valence-corrected chi connectivity index (χ1v) is 12.5.